The van der Waals surface area contributed by atoms with Crippen LogP contribution in [-0.2, 0) is 9.53 Å². The third-order valence-corrected chi connectivity index (χ3v) is 6.76. The van der Waals surface area contributed by atoms with Crippen molar-refractivity contribution in [1.29, 1.82) is 0 Å². The van der Waals surface area contributed by atoms with Crippen LogP contribution >= 0.6 is 0 Å². The van der Waals surface area contributed by atoms with Crippen LogP contribution in [0.2, 0.25) is 0 Å². The van der Waals surface area contributed by atoms with Gasteiger partial charge in [-0.1, -0.05) is 30.3 Å². The Balaban J connectivity index is 1.21. The van der Waals surface area contributed by atoms with Gasteiger partial charge >= 0.3 is 5.97 Å². The number of hydrogen-bond acceptors (Lipinski definition) is 3. The molecule has 4 saturated carbocycles. The van der Waals surface area contributed by atoms with Gasteiger partial charge < -0.3 is 10.1 Å². The van der Waals surface area contributed by atoms with Crippen molar-refractivity contribution in [1.82, 2.24) is 5.32 Å². The molecule has 27 heavy (non-hydrogen) atoms. The molecule has 4 aliphatic carbocycles. The highest BCUT2D eigenvalue weighted by atomic mass is 16.5. The zero-order valence-electron chi connectivity index (χ0n) is 15.4. The lowest BCUT2D eigenvalue weighted by atomic mass is 9.53. The second-order valence-electron chi connectivity index (χ2n) is 8.88. The van der Waals surface area contributed by atoms with E-state index in [9.17, 15) is 9.59 Å². The monoisotopic (exact) mass is 363 g/mol. The van der Waals surface area contributed by atoms with Crippen LogP contribution in [0.3, 0.4) is 0 Å². The van der Waals surface area contributed by atoms with Crippen LogP contribution in [0.5, 0.6) is 0 Å². The number of ether oxygens (including phenoxy) is 1. The SMILES string of the molecule is O=C(COC(=O)c1ccc2ccccc2c1)NC12CC3CC(CC(C3)C1)C2. The maximum absolute atomic E-state index is 12.5. The number of hydrogen-bond donors (Lipinski definition) is 1. The first-order valence-corrected chi connectivity index (χ1v) is 10.1. The molecule has 4 nitrogen and oxygen atoms in total. The van der Waals surface area contributed by atoms with Gasteiger partial charge in [-0.05, 0) is 79.2 Å². The average Bonchev–Trinajstić information content (AvgIpc) is 2.64. The molecule has 2 aromatic rings. The van der Waals surface area contributed by atoms with Gasteiger partial charge in [0, 0.05) is 5.54 Å². The van der Waals surface area contributed by atoms with Gasteiger partial charge in [0.1, 0.15) is 0 Å². The first kappa shape index (κ1) is 16.8. The minimum Gasteiger partial charge on any atom is -0.452 e. The molecule has 4 fully saturated rings. The van der Waals surface area contributed by atoms with Gasteiger partial charge in [0.2, 0.25) is 0 Å². The van der Waals surface area contributed by atoms with Crippen molar-refractivity contribution in [2.24, 2.45) is 17.8 Å². The molecule has 140 valence electrons. The molecule has 1 amide bonds. The van der Waals surface area contributed by atoms with Crippen molar-refractivity contribution in [3.8, 4) is 0 Å². The Morgan fingerprint density at radius 1 is 0.926 bits per heavy atom. The fraction of sp³-hybridized carbons (Fsp3) is 0.478. The number of fused-ring (bicyclic) bond motifs is 1. The van der Waals surface area contributed by atoms with Crippen LogP contribution in [0.15, 0.2) is 42.5 Å². The molecule has 4 heteroatoms. The summed E-state index contributed by atoms with van der Waals surface area (Å²) in [5.74, 6) is 1.72. The lowest BCUT2D eigenvalue weighted by molar-refractivity contribution is -0.130. The fourth-order valence-corrected chi connectivity index (χ4v) is 6.13. The maximum atomic E-state index is 12.5. The van der Waals surface area contributed by atoms with Gasteiger partial charge in [-0.25, -0.2) is 4.79 Å². The molecule has 1 N–H and O–H groups in total. The quantitative estimate of drug-likeness (QED) is 0.833. The molecule has 0 aromatic heterocycles. The summed E-state index contributed by atoms with van der Waals surface area (Å²) in [6, 6.07) is 13.3. The van der Waals surface area contributed by atoms with Crippen molar-refractivity contribution >= 4 is 22.6 Å². The first-order valence-electron chi connectivity index (χ1n) is 10.1. The zero-order valence-corrected chi connectivity index (χ0v) is 15.4. The Kier molecular flexibility index (Phi) is 3.96. The Bertz CT molecular complexity index is 868. The topological polar surface area (TPSA) is 55.4 Å². The Hall–Kier alpha value is -2.36. The smallest absolute Gasteiger partial charge is 0.338 e. The number of carbonyl (C=O) groups is 2. The second-order valence-corrected chi connectivity index (χ2v) is 8.88. The van der Waals surface area contributed by atoms with Gasteiger partial charge in [0.25, 0.3) is 5.91 Å². The molecular weight excluding hydrogens is 338 g/mol. The van der Waals surface area contributed by atoms with Gasteiger partial charge in [-0.2, -0.15) is 0 Å². The summed E-state index contributed by atoms with van der Waals surface area (Å²) in [7, 11) is 0. The Morgan fingerprint density at radius 3 is 2.22 bits per heavy atom. The summed E-state index contributed by atoms with van der Waals surface area (Å²) in [5.41, 5.74) is 0.442. The van der Waals surface area contributed by atoms with E-state index in [1.54, 1.807) is 6.07 Å². The molecule has 6 rings (SSSR count). The van der Waals surface area contributed by atoms with Crippen molar-refractivity contribution < 1.29 is 14.3 Å². The summed E-state index contributed by atoms with van der Waals surface area (Å²) in [6.07, 6.45) is 7.32. The Labute approximate surface area is 159 Å². The molecule has 4 aliphatic rings. The lowest BCUT2D eigenvalue weighted by Gasteiger charge is -2.56. The summed E-state index contributed by atoms with van der Waals surface area (Å²) < 4.78 is 5.30. The summed E-state index contributed by atoms with van der Waals surface area (Å²) in [6.45, 7) is -0.201. The van der Waals surface area contributed by atoms with E-state index in [0.29, 0.717) is 5.56 Å². The molecule has 0 saturated heterocycles. The number of rotatable bonds is 4. The van der Waals surface area contributed by atoms with E-state index in [1.807, 2.05) is 36.4 Å². The summed E-state index contributed by atoms with van der Waals surface area (Å²) in [5, 5.41) is 5.31. The molecule has 4 bridgehead atoms. The maximum Gasteiger partial charge on any atom is 0.338 e. The average molecular weight is 363 g/mol. The van der Waals surface area contributed by atoms with Crippen molar-refractivity contribution in [2.45, 2.75) is 44.1 Å². The predicted octanol–water partition coefficient (Wildman–Crippen LogP) is 4.08. The number of esters is 1. The normalized spacial score (nSPS) is 31.0. The predicted molar refractivity (Wildman–Crippen MR) is 103 cm³/mol. The second kappa shape index (κ2) is 6.36. The highest BCUT2D eigenvalue weighted by Crippen LogP contribution is 2.55. The van der Waals surface area contributed by atoms with Crippen LogP contribution in [0.1, 0.15) is 48.9 Å². The standard InChI is InChI=1S/C23H25NO3/c25-21(24-23-11-15-7-16(12-23)9-17(8-15)13-23)14-27-22(26)20-6-5-18-3-1-2-4-19(18)10-20/h1-6,10,15-17H,7-9,11-14H2,(H,24,25). The van der Waals surface area contributed by atoms with E-state index < -0.39 is 5.97 Å². The molecule has 0 heterocycles. The van der Waals surface area contributed by atoms with Gasteiger partial charge in [-0.15, -0.1) is 0 Å². The summed E-state index contributed by atoms with van der Waals surface area (Å²) >= 11 is 0. The van der Waals surface area contributed by atoms with E-state index in [1.165, 1.54) is 19.3 Å². The fourth-order valence-electron chi connectivity index (χ4n) is 6.13. The molecule has 0 spiro atoms. The van der Waals surface area contributed by atoms with Crippen LogP contribution in [0.4, 0.5) is 0 Å². The van der Waals surface area contributed by atoms with E-state index in [2.05, 4.69) is 5.32 Å². The van der Waals surface area contributed by atoms with Crippen LogP contribution in [-0.4, -0.2) is 24.0 Å². The van der Waals surface area contributed by atoms with Gasteiger partial charge in [-0.3, -0.25) is 4.79 Å². The third-order valence-electron chi connectivity index (χ3n) is 6.76. The number of benzene rings is 2. The van der Waals surface area contributed by atoms with Crippen molar-refractivity contribution in [2.75, 3.05) is 6.61 Å². The minimum atomic E-state index is -0.443. The van der Waals surface area contributed by atoms with E-state index in [4.69, 9.17) is 4.74 Å². The molecule has 0 aliphatic heterocycles. The van der Waals surface area contributed by atoms with E-state index >= 15 is 0 Å². The van der Waals surface area contributed by atoms with Gasteiger partial charge in [0.05, 0.1) is 5.56 Å². The van der Waals surface area contributed by atoms with Crippen LogP contribution in [0, 0.1) is 17.8 Å². The number of carbonyl (C=O) groups excluding carboxylic acids is 2. The highest BCUT2D eigenvalue weighted by molar-refractivity contribution is 5.96. The van der Waals surface area contributed by atoms with E-state index in [-0.39, 0.29) is 18.1 Å². The van der Waals surface area contributed by atoms with Crippen molar-refractivity contribution in [3.05, 3.63) is 48.0 Å². The summed E-state index contributed by atoms with van der Waals surface area (Å²) in [4.78, 5) is 24.8. The van der Waals surface area contributed by atoms with Crippen LogP contribution < -0.4 is 5.32 Å². The molecule has 0 radical (unpaired) electrons. The first-order chi connectivity index (χ1) is 13.1. The number of nitrogens with one attached hydrogen (secondary N) is 1. The van der Waals surface area contributed by atoms with Crippen LogP contribution in [0.25, 0.3) is 10.8 Å². The van der Waals surface area contributed by atoms with E-state index in [0.717, 1.165) is 47.8 Å². The molecule has 2 aromatic carbocycles. The molecular formula is C23H25NO3. The highest BCUT2D eigenvalue weighted by Gasteiger charge is 2.51. The molecule has 0 unspecified atom stereocenters. The lowest BCUT2D eigenvalue weighted by Crippen LogP contribution is -2.60. The third kappa shape index (κ3) is 3.22. The van der Waals surface area contributed by atoms with Gasteiger partial charge in [0.15, 0.2) is 6.61 Å². The minimum absolute atomic E-state index is 0.0405. The van der Waals surface area contributed by atoms with Crippen molar-refractivity contribution in [3.63, 3.8) is 0 Å². The largest absolute Gasteiger partial charge is 0.452 e. The Morgan fingerprint density at radius 2 is 1.56 bits per heavy atom. The molecule has 0 atom stereocenters. The zero-order chi connectivity index (χ0) is 18.4. The number of amides is 1.